The van der Waals surface area contributed by atoms with Gasteiger partial charge >= 0.3 is 6.18 Å². The lowest BCUT2D eigenvalue weighted by atomic mass is 10.3. The third-order valence-corrected chi connectivity index (χ3v) is 3.78. The number of nitrogen functional groups attached to an aromatic ring is 1. The van der Waals surface area contributed by atoms with Gasteiger partial charge in [0, 0.05) is 17.9 Å². The van der Waals surface area contributed by atoms with E-state index in [4.69, 9.17) is 10.6 Å². The highest BCUT2D eigenvalue weighted by Gasteiger charge is 2.38. The number of hydrogen-bond donors (Lipinski definition) is 1. The van der Waals surface area contributed by atoms with E-state index in [9.17, 15) is 23.3 Å². The van der Waals surface area contributed by atoms with Crippen LogP contribution in [0.3, 0.4) is 0 Å². The van der Waals surface area contributed by atoms with Gasteiger partial charge in [0.2, 0.25) is 5.16 Å². The van der Waals surface area contributed by atoms with Gasteiger partial charge in [0.1, 0.15) is 5.75 Å². The van der Waals surface area contributed by atoms with E-state index in [0.717, 1.165) is 11.8 Å². The summed E-state index contributed by atoms with van der Waals surface area (Å²) in [5.74, 6) is 4.92. The molecule has 0 bridgehead atoms. The number of nitrogens with zero attached hydrogens (tertiary/aromatic N) is 4. The smallest absolute Gasteiger partial charge is 0.453 e. The van der Waals surface area contributed by atoms with Crippen molar-refractivity contribution in [3.63, 3.8) is 0 Å². The molecule has 0 aliphatic rings. The number of ether oxygens (including phenoxy) is 1. The molecule has 1 heterocycles. The Morgan fingerprint density at radius 2 is 1.96 bits per heavy atom. The van der Waals surface area contributed by atoms with Crippen molar-refractivity contribution >= 4 is 17.4 Å². The predicted octanol–water partition coefficient (Wildman–Crippen LogP) is 2.48. The number of rotatable bonds is 7. The highest BCUT2D eigenvalue weighted by Crippen LogP contribution is 2.29. The summed E-state index contributed by atoms with van der Waals surface area (Å²) in [6.07, 6.45) is -4.14. The molecule has 0 spiro atoms. The second-order valence-electron chi connectivity index (χ2n) is 4.48. The van der Waals surface area contributed by atoms with Crippen molar-refractivity contribution in [3.05, 3.63) is 40.2 Å². The molecule has 2 rings (SSSR count). The molecule has 0 amide bonds. The Bertz CT molecular complexity index is 705. The summed E-state index contributed by atoms with van der Waals surface area (Å²) in [7, 11) is 0. The van der Waals surface area contributed by atoms with E-state index in [1.165, 1.54) is 24.3 Å². The van der Waals surface area contributed by atoms with Crippen LogP contribution >= 0.6 is 11.8 Å². The van der Waals surface area contributed by atoms with Crippen molar-refractivity contribution in [2.75, 3.05) is 18.2 Å². The number of benzene rings is 1. The van der Waals surface area contributed by atoms with Crippen LogP contribution in [0.15, 0.2) is 29.4 Å². The zero-order valence-electron chi connectivity index (χ0n) is 12.1. The van der Waals surface area contributed by atoms with Gasteiger partial charge in [-0.15, -0.1) is 10.2 Å². The first-order valence-corrected chi connectivity index (χ1v) is 7.55. The Morgan fingerprint density at radius 3 is 2.50 bits per heavy atom. The number of aromatic nitrogens is 3. The number of nitro benzene ring substituents is 1. The van der Waals surface area contributed by atoms with Gasteiger partial charge in [0.05, 0.1) is 11.5 Å². The summed E-state index contributed by atoms with van der Waals surface area (Å²) >= 11 is 1.02. The zero-order valence-corrected chi connectivity index (χ0v) is 12.9. The molecule has 12 heteroatoms. The summed E-state index contributed by atoms with van der Waals surface area (Å²) in [6, 6.07) is 5.58. The average molecular weight is 363 g/mol. The molecule has 1 aromatic carbocycles. The molecule has 8 nitrogen and oxygen atoms in total. The standard InChI is InChI=1S/C12H12F3N5O3S/c13-12(14,15)10-17-18-11(19(10)16)24-7-1-6-23-9-4-2-8(3-5-9)20(21)22/h2-5H,1,6-7,16H2. The molecule has 2 aromatic rings. The fraction of sp³-hybridized carbons (Fsp3) is 0.333. The number of nitro groups is 1. The molecule has 0 radical (unpaired) electrons. The van der Waals surface area contributed by atoms with Gasteiger partial charge in [-0.25, -0.2) is 4.68 Å². The highest BCUT2D eigenvalue weighted by atomic mass is 32.2. The van der Waals surface area contributed by atoms with Crippen LogP contribution in [0.5, 0.6) is 5.75 Å². The topological polar surface area (TPSA) is 109 Å². The van der Waals surface area contributed by atoms with Crippen molar-refractivity contribution in [3.8, 4) is 5.75 Å². The fourth-order valence-electron chi connectivity index (χ4n) is 1.65. The van der Waals surface area contributed by atoms with Crippen molar-refractivity contribution in [2.24, 2.45) is 0 Å². The number of halogens is 3. The molecule has 0 aliphatic heterocycles. The second-order valence-corrected chi connectivity index (χ2v) is 5.54. The van der Waals surface area contributed by atoms with E-state index >= 15 is 0 Å². The van der Waals surface area contributed by atoms with E-state index in [1.54, 1.807) is 0 Å². The van der Waals surface area contributed by atoms with E-state index in [2.05, 4.69) is 10.2 Å². The van der Waals surface area contributed by atoms with Crippen LogP contribution in [0.2, 0.25) is 0 Å². The Labute approximate surface area is 137 Å². The van der Waals surface area contributed by atoms with E-state index in [-0.39, 0.29) is 17.5 Å². The molecule has 0 unspecified atom stereocenters. The maximum Gasteiger partial charge on any atom is 0.453 e. The van der Waals surface area contributed by atoms with Crippen LogP contribution in [0.1, 0.15) is 12.2 Å². The molecular formula is C12H12F3N5O3S. The molecule has 0 aliphatic carbocycles. The molecule has 24 heavy (non-hydrogen) atoms. The number of non-ortho nitro benzene ring substituents is 1. The molecular weight excluding hydrogens is 351 g/mol. The molecule has 2 N–H and O–H groups in total. The maximum atomic E-state index is 12.5. The first-order chi connectivity index (χ1) is 11.3. The van der Waals surface area contributed by atoms with Gasteiger partial charge in [-0.2, -0.15) is 13.2 Å². The van der Waals surface area contributed by atoms with E-state index < -0.39 is 16.9 Å². The monoisotopic (exact) mass is 363 g/mol. The van der Waals surface area contributed by atoms with Crippen LogP contribution < -0.4 is 10.6 Å². The normalized spacial score (nSPS) is 11.5. The van der Waals surface area contributed by atoms with Gasteiger partial charge in [0.15, 0.2) is 0 Å². The molecule has 1 aromatic heterocycles. The summed E-state index contributed by atoms with van der Waals surface area (Å²) in [4.78, 5) is 9.99. The lowest BCUT2D eigenvalue weighted by molar-refractivity contribution is -0.384. The Balaban J connectivity index is 1.75. The van der Waals surface area contributed by atoms with Gasteiger partial charge in [-0.1, -0.05) is 11.8 Å². The van der Waals surface area contributed by atoms with Crippen LogP contribution in [-0.4, -0.2) is 32.2 Å². The quantitative estimate of drug-likeness (QED) is 0.265. The second kappa shape index (κ2) is 7.38. The van der Waals surface area contributed by atoms with Crippen molar-refractivity contribution in [1.82, 2.24) is 14.9 Å². The van der Waals surface area contributed by atoms with Gasteiger partial charge in [-0.05, 0) is 18.6 Å². The number of thioether (sulfide) groups is 1. The number of alkyl halides is 3. The summed E-state index contributed by atoms with van der Waals surface area (Å²) in [6.45, 7) is 0.287. The van der Waals surface area contributed by atoms with Crippen molar-refractivity contribution in [1.29, 1.82) is 0 Å². The van der Waals surface area contributed by atoms with Crippen LogP contribution in [0.25, 0.3) is 0 Å². The lowest BCUT2D eigenvalue weighted by Crippen LogP contribution is -2.21. The minimum Gasteiger partial charge on any atom is -0.494 e. The van der Waals surface area contributed by atoms with E-state index in [0.29, 0.717) is 22.6 Å². The Hall–Kier alpha value is -2.50. The third kappa shape index (κ3) is 4.50. The Kier molecular flexibility index (Phi) is 5.49. The first kappa shape index (κ1) is 17.8. The van der Waals surface area contributed by atoms with Gasteiger partial charge in [0.25, 0.3) is 11.5 Å². The largest absolute Gasteiger partial charge is 0.494 e. The molecule has 0 saturated heterocycles. The number of hydrogen-bond acceptors (Lipinski definition) is 7. The lowest BCUT2D eigenvalue weighted by Gasteiger charge is -2.07. The van der Waals surface area contributed by atoms with E-state index in [1.807, 2.05) is 0 Å². The van der Waals surface area contributed by atoms with Crippen LogP contribution in [-0.2, 0) is 6.18 Å². The summed E-state index contributed by atoms with van der Waals surface area (Å²) in [5, 5.41) is 16.9. The fourth-order valence-corrected chi connectivity index (χ4v) is 2.41. The first-order valence-electron chi connectivity index (χ1n) is 6.57. The van der Waals surface area contributed by atoms with Crippen molar-refractivity contribution in [2.45, 2.75) is 17.8 Å². The summed E-state index contributed by atoms with van der Waals surface area (Å²) < 4.78 is 43.3. The van der Waals surface area contributed by atoms with Crippen LogP contribution in [0, 0.1) is 10.1 Å². The third-order valence-electron chi connectivity index (χ3n) is 2.75. The zero-order chi connectivity index (χ0) is 17.7. The molecule has 0 atom stereocenters. The van der Waals surface area contributed by atoms with Crippen molar-refractivity contribution < 1.29 is 22.8 Å². The average Bonchev–Trinajstić information content (AvgIpc) is 2.88. The minimum atomic E-state index is -4.65. The SMILES string of the molecule is Nn1c(SCCCOc2ccc([N+](=O)[O-])cc2)nnc1C(F)(F)F. The summed E-state index contributed by atoms with van der Waals surface area (Å²) in [5.41, 5.74) is -0.0411. The Morgan fingerprint density at radius 1 is 1.29 bits per heavy atom. The highest BCUT2D eigenvalue weighted by molar-refractivity contribution is 7.99. The molecule has 0 saturated carbocycles. The molecule has 130 valence electrons. The number of nitrogens with two attached hydrogens (primary N) is 1. The molecule has 0 fully saturated rings. The minimum absolute atomic E-state index is 0.0411. The van der Waals surface area contributed by atoms with Crippen LogP contribution in [0.4, 0.5) is 18.9 Å². The maximum absolute atomic E-state index is 12.5. The van der Waals surface area contributed by atoms with Gasteiger partial charge < -0.3 is 10.6 Å². The predicted molar refractivity (Wildman–Crippen MR) is 79.1 cm³/mol. The van der Waals surface area contributed by atoms with Gasteiger partial charge in [-0.3, -0.25) is 10.1 Å².